The van der Waals surface area contributed by atoms with E-state index in [0.717, 1.165) is 43.0 Å². The van der Waals surface area contributed by atoms with Gasteiger partial charge in [0.15, 0.2) is 6.29 Å². The Bertz CT molecular complexity index is 796. The molecule has 8 heteroatoms. The van der Waals surface area contributed by atoms with Crippen LogP contribution in [0, 0.1) is 0 Å². The second kappa shape index (κ2) is 7.10. The second-order valence-electron chi connectivity index (χ2n) is 5.69. The largest absolute Gasteiger partial charge is 0.370 e. The second-order valence-corrected chi connectivity index (χ2v) is 8.29. The van der Waals surface area contributed by atoms with Crippen LogP contribution in [-0.4, -0.2) is 31.7 Å². The lowest BCUT2D eigenvalue weighted by atomic mass is 10.1. The topological polar surface area (TPSA) is 89.9 Å². The van der Waals surface area contributed by atoms with E-state index < -0.39 is 16.3 Å². The SMILES string of the molecule is O=S(=O)(Nc1ccccc1N1CCCCC1)c1ccsc1C(O)O. The van der Waals surface area contributed by atoms with E-state index in [1.807, 2.05) is 12.1 Å². The summed E-state index contributed by atoms with van der Waals surface area (Å²) in [5.41, 5.74) is 1.35. The fourth-order valence-electron chi connectivity index (χ4n) is 2.89. The first-order valence-corrected chi connectivity index (χ1v) is 10.2. The van der Waals surface area contributed by atoms with E-state index in [4.69, 9.17) is 0 Å². The first kappa shape index (κ1) is 17.2. The number of benzene rings is 1. The summed E-state index contributed by atoms with van der Waals surface area (Å²) >= 11 is 0.998. The number of hydrogen-bond donors (Lipinski definition) is 3. The van der Waals surface area contributed by atoms with Crippen molar-refractivity contribution in [2.45, 2.75) is 30.4 Å². The lowest BCUT2D eigenvalue weighted by molar-refractivity contribution is -0.0415. The zero-order valence-corrected chi connectivity index (χ0v) is 14.7. The number of nitrogens with one attached hydrogen (secondary N) is 1. The van der Waals surface area contributed by atoms with Crippen molar-refractivity contribution in [3.63, 3.8) is 0 Å². The van der Waals surface area contributed by atoms with Crippen LogP contribution in [0.1, 0.15) is 30.4 Å². The van der Waals surface area contributed by atoms with Crippen LogP contribution in [0.5, 0.6) is 0 Å². The molecule has 130 valence electrons. The molecule has 0 unspecified atom stereocenters. The third kappa shape index (κ3) is 3.56. The Hall–Kier alpha value is -1.61. The Labute approximate surface area is 145 Å². The van der Waals surface area contributed by atoms with E-state index in [1.54, 1.807) is 12.1 Å². The molecule has 0 bridgehead atoms. The minimum atomic E-state index is -3.89. The van der Waals surface area contributed by atoms with Crippen molar-refractivity contribution < 1.29 is 18.6 Å². The smallest absolute Gasteiger partial charge is 0.263 e. The molecule has 1 aromatic carbocycles. The van der Waals surface area contributed by atoms with Gasteiger partial charge in [0.25, 0.3) is 10.0 Å². The highest BCUT2D eigenvalue weighted by atomic mass is 32.2. The molecule has 1 fully saturated rings. The molecule has 0 atom stereocenters. The quantitative estimate of drug-likeness (QED) is 0.706. The molecule has 1 aromatic heterocycles. The molecule has 0 radical (unpaired) electrons. The van der Waals surface area contributed by atoms with Crippen molar-refractivity contribution in [1.29, 1.82) is 0 Å². The van der Waals surface area contributed by atoms with Gasteiger partial charge in [-0.25, -0.2) is 8.42 Å². The third-order valence-electron chi connectivity index (χ3n) is 4.03. The maximum Gasteiger partial charge on any atom is 0.263 e. The van der Waals surface area contributed by atoms with Gasteiger partial charge in [-0.05, 0) is 42.8 Å². The Kier molecular flexibility index (Phi) is 5.09. The molecule has 0 saturated carbocycles. The number of aliphatic hydroxyl groups is 2. The van der Waals surface area contributed by atoms with Crippen molar-refractivity contribution in [3.05, 3.63) is 40.6 Å². The summed E-state index contributed by atoms with van der Waals surface area (Å²) in [4.78, 5) is 2.09. The van der Waals surface area contributed by atoms with Crippen LogP contribution in [0.4, 0.5) is 11.4 Å². The van der Waals surface area contributed by atoms with Crippen molar-refractivity contribution >= 4 is 32.7 Å². The van der Waals surface area contributed by atoms with Crippen LogP contribution < -0.4 is 9.62 Å². The summed E-state index contributed by atoms with van der Waals surface area (Å²) in [7, 11) is -3.89. The average Bonchev–Trinajstić information content (AvgIpc) is 3.07. The van der Waals surface area contributed by atoms with Gasteiger partial charge in [0.2, 0.25) is 0 Å². The van der Waals surface area contributed by atoms with Gasteiger partial charge in [-0.3, -0.25) is 4.72 Å². The van der Waals surface area contributed by atoms with Gasteiger partial charge in [-0.2, -0.15) is 0 Å². The van der Waals surface area contributed by atoms with Crippen LogP contribution in [0.3, 0.4) is 0 Å². The van der Waals surface area contributed by atoms with E-state index >= 15 is 0 Å². The number of sulfonamides is 1. The number of nitrogens with zero attached hydrogens (tertiary/aromatic N) is 1. The van der Waals surface area contributed by atoms with E-state index in [-0.39, 0.29) is 9.77 Å². The van der Waals surface area contributed by atoms with Crippen LogP contribution in [-0.2, 0) is 10.0 Å². The molecule has 0 aliphatic carbocycles. The molecule has 0 spiro atoms. The van der Waals surface area contributed by atoms with Crippen LogP contribution >= 0.6 is 11.3 Å². The highest BCUT2D eigenvalue weighted by molar-refractivity contribution is 7.93. The van der Waals surface area contributed by atoms with Crippen LogP contribution in [0.2, 0.25) is 0 Å². The molecule has 1 aliphatic rings. The summed E-state index contributed by atoms with van der Waals surface area (Å²) in [6.07, 6.45) is 1.56. The van der Waals surface area contributed by atoms with Crippen molar-refractivity contribution in [2.75, 3.05) is 22.7 Å². The number of para-hydroxylation sites is 2. The molecule has 1 saturated heterocycles. The standard InChI is InChI=1S/C16H20N2O4S2/c19-16(20)15-14(8-11-23-15)24(21,22)17-12-6-2-3-7-13(12)18-9-4-1-5-10-18/h2-3,6-8,11,16-17,19-20H,1,4-5,9-10H2. The minimum absolute atomic E-state index is 0.0120. The number of thiophene rings is 1. The summed E-state index contributed by atoms with van der Waals surface area (Å²) in [6, 6.07) is 8.67. The lowest BCUT2D eigenvalue weighted by Crippen LogP contribution is -2.30. The Morgan fingerprint density at radius 3 is 2.50 bits per heavy atom. The summed E-state index contributed by atoms with van der Waals surface area (Å²) < 4.78 is 28.0. The molecule has 6 nitrogen and oxygen atoms in total. The molecule has 2 heterocycles. The maximum absolute atomic E-state index is 12.7. The van der Waals surface area contributed by atoms with Crippen LogP contribution in [0.15, 0.2) is 40.6 Å². The summed E-state index contributed by atoms with van der Waals surface area (Å²) in [5, 5.41) is 20.2. The van der Waals surface area contributed by atoms with Crippen molar-refractivity contribution in [2.24, 2.45) is 0 Å². The first-order valence-electron chi connectivity index (χ1n) is 7.79. The monoisotopic (exact) mass is 368 g/mol. The summed E-state index contributed by atoms with van der Waals surface area (Å²) in [6.45, 7) is 1.80. The number of anilines is 2. The number of rotatable bonds is 5. The molecule has 2 aromatic rings. The molecule has 1 aliphatic heterocycles. The fourth-order valence-corrected chi connectivity index (χ4v) is 5.30. The maximum atomic E-state index is 12.7. The first-order chi connectivity index (χ1) is 11.5. The van der Waals surface area contributed by atoms with E-state index in [0.29, 0.717) is 5.69 Å². The van der Waals surface area contributed by atoms with Gasteiger partial charge in [-0.1, -0.05) is 12.1 Å². The average molecular weight is 368 g/mol. The van der Waals surface area contributed by atoms with Crippen molar-refractivity contribution in [3.8, 4) is 0 Å². The highest BCUT2D eigenvalue weighted by Gasteiger charge is 2.25. The van der Waals surface area contributed by atoms with Gasteiger partial charge >= 0.3 is 0 Å². The van der Waals surface area contributed by atoms with Gasteiger partial charge in [0, 0.05) is 13.1 Å². The Morgan fingerprint density at radius 2 is 1.79 bits per heavy atom. The Balaban J connectivity index is 1.92. The zero-order chi connectivity index (χ0) is 17.2. The minimum Gasteiger partial charge on any atom is -0.370 e. The lowest BCUT2D eigenvalue weighted by Gasteiger charge is -2.30. The highest BCUT2D eigenvalue weighted by Crippen LogP contribution is 2.32. The van der Waals surface area contributed by atoms with E-state index in [2.05, 4.69) is 9.62 Å². The van der Waals surface area contributed by atoms with Crippen molar-refractivity contribution in [1.82, 2.24) is 0 Å². The molecule has 24 heavy (non-hydrogen) atoms. The number of hydrogen-bond acceptors (Lipinski definition) is 6. The van der Waals surface area contributed by atoms with Gasteiger partial charge in [0.1, 0.15) is 4.90 Å². The molecule has 0 amide bonds. The predicted octanol–water partition coefficient (Wildman–Crippen LogP) is 2.52. The normalized spacial score (nSPS) is 15.7. The van der Waals surface area contributed by atoms with Crippen LogP contribution in [0.25, 0.3) is 0 Å². The molecule has 3 N–H and O–H groups in total. The predicted molar refractivity (Wildman–Crippen MR) is 94.8 cm³/mol. The van der Waals surface area contributed by atoms with Gasteiger partial charge in [0.05, 0.1) is 16.3 Å². The van der Waals surface area contributed by atoms with Gasteiger partial charge < -0.3 is 15.1 Å². The van der Waals surface area contributed by atoms with E-state index in [1.165, 1.54) is 17.9 Å². The van der Waals surface area contributed by atoms with E-state index in [9.17, 15) is 18.6 Å². The third-order valence-corrected chi connectivity index (χ3v) is 6.54. The zero-order valence-electron chi connectivity index (χ0n) is 13.1. The molecular formula is C16H20N2O4S2. The fraction of sp³-hybridized carbons (Fsp3) is 0.375. The number of aliphatic hydroxyl groups excluding tert-OH is 1. The molecular weight excluding hydrogens is 348 g/mol. The summed E-state index contributed by atoms with van der Waals surface area (Å²) in [5.74, 6) is 0. The Morgan fingerprint density at radius 1 is 1.08 bits per heavy atom. The van der Waals surface area contributed by atoms with Gasteiger partial charge in [-0.15, -0.1) is 11.3 Å². The number of piperidine rings is 1. The molecule has 3 rings (SSSR count).